The summed E-state index contributed by atoms with van der Waals surface area (Å²) < 4.78 is 0. The molecule has 0 radical (unpaired) electrons. The van der Waals surface area contributed by atoms with Crippen LogP contribution in [0.1, 0.15) is 47.0 Å². The lowest BCUT2D eigenvalue weighted by Crippen LogP contribution is -2.33. The van der Waals surface area contributed by atoms with Crippen molar-refractivity contribution in [2.75, 3.05) is 6.54 Å². The average Bonchev–Trinajstić information content (AvgIpc) is 2.77. The van der Waals surface area contributed by atoms with Gasteiger partial charge in [-0.25, -0.2) is 4.79 Å². The molecule has 1 aromatic heterocycles. The third-order valence-corrected chi connectivity index (χ3v) is 4.32. The number of carboxylic acid groups (broad SMARTS) is 1. The summed E-state index contributed by atoms with van der Waals surface area (Å²) >= 11 is 1.01. The minimum absolute atomic E-state index is 0.189. The van der Waals surface area contributed by atoms with E-state index in [-0.39, 0.29) is 10.8 Å². The van der Waals surface area contributed by atoms with Crippen LogP contribution < -0.4 is 5.32 Å². The van der Waals surface area contributed by atoms with Gasteiger partial charge in [-0.3, -0.25) is 4.79 Å². The zero-order valence-electron chi connectivity index (χ0n) is 11.8. The average molecular weight is 283 g/mol. The molecule has 0 aliphatic heterocycles. The second-order valence-electron chi connectivity index (χ2n) is 5.33. The molecule has 0 saturated carbocycles. The molecule has 0 aliphatic carbocycles. The first-order valence-electron chi connectivity index (χ1n) is 6.44. The van der Waals surface area contributed by atoms with Crippen LogP contribution in [0.5, 0.6) is 0 Å². The van der Waals surface area contributed by atoms with Gasteiger partial charge in [-0.2, -0.15) is 0 Å². The molecule has 0 aliphatic rings. The van der Waals surface area contributed by atoms with E-state index in [1.165, 1.54) is 6.07 Å². The first-order valence-corrected chi connectivity index (χ1v) is 7.26. The number of thiophene rings is 1. The highest BCUT2D eigenvalue weighted by molar-refractivity contribution is 7.15. The zero-order valence-corrected chi connectivity index (χ0v) is 12.6. The fraction of sp³-hybridized carbons (Fsp3) is 0.571. The molecule has 19 heavy (non-hydrogen) atoms. The predicted molar refractivity (Wildman–Crippen MR) is 76.8 cm³/mol. The van der Waals surface area contributed by atoms with E-state index < -0.39 is 5.97 Å². The highest BCUT2D eigenvalue weighted by Crippen LogP contribution is 2.20. The van der Waals surface area contributed by atoms with Crippen molar-refractivity contribution in [3.63, 3.8) is 0 Å². The van der Waals surface area contributed by atoms with Gasteiger partial charge >= 0.3 is 5.97 Å². The number of hydrogen-bond donors (Lipinski definition) is 2. The van der Waals surface area contributed by atoms with E-state index in [1.807, 2.05) is 0 Å². The molecule has 0 unspecified atom stereocenters. The molecule has 1 rings (SSSR count). The Morgan fingerprint density at radius 1 is 1.16 bits per heavy atom. The number of rotatable bonds is 6. The summed E-state index contributed by atoms with van der Waals surface area (Å²) in [5.41, 5.74) is 0. The quantitative estimate of drug-likeness (QED) is 0.843. The fourth-order valence-corrected chi connectivity index (χ4v) is 2.87. The van der Waals surface area contributed by atoms with Crippen LogP contribution in [0.2, 0.25) is 0 Å². The number of carboxylic acids is 1. The summed E-state index contributed by atoms with van der Waals surface area (Å²) in [6.45, 7) is 9.19. The lowest BCUT2D eigenvalue weighted by atomic mass is 9.85. The molecular weight excluding hydrogens is 262 g/mol. The Kier molecular flexibility index (Phi) is 5.54. The van der Waals surface area contributed by atoms with E-state index in [0.717, 1.165) is 11.3 Å². The minimum Gasteiger partial charge on any atom is -0.477 e. The predicted octanol–water partition coefficient (Wildman–Crippen LogP) is 3.10. The SMILES string of the molecule is CC(C)C(CNC(=O)c1ccc(C(=O)O)s1)C(C)C. The molecule has 0 atom stereocenters. The van der Waals surface area contributed by atoms with E-state index >= 15 is 0 Å². The van der Waals surface area contributed by atoms with Gasteiger partial charge in [0.1, 0.15) is 4.88 Å². The van der Waals surface area contributed by atoms with Crippen LogP contribution in [0.4, 0.5) is 0 Å². The van der Waals surface area contributed by atoms with Crippen molar-refractivity contribution in [2.45, 2.75) is 27.7 Å². The minimum atomic E-state index is -0.994. The van der Waals surface area contributed by atoms with Gasteiger partial charge in [0.05, 0.1) is 4.88 Å². The number of hydrogen-bond acceptors (Lipinski definition) is 3. The largest absolute Gasteiger partial charge is 0.477 e. The van der Waals surface area contributed by atoms with Crippen LogP contribution in [0.3, 0.4) is 0 Å². The zero-order chi connectivity index (χ0) is 14.6. The number of carbonyl (C=O) groups is 2. The molecule has 0 fully saturated rings. The lowest BCUT2D eigenvalue weighted by molar-refractivity contribution is 0.0702. The highest BCUT2D eigenvalue weighted by atomic mass is 32.1. The Labute approximate surface area is 117 Å². The molecule has 2 N–H and O–H groups in total. The number of aromatic carboxylic acids is 1. The van der Waals surface area contributed by atoms with Gasteiger partial charge in [-0.15, -0.1) is 11.3 Å². The first kappa shape index (κ1) is 15.7. The molecular formula is C14H21NO3S. The fourth-order valence-electron chi connectivity index (χ4n) is 2.11. The van der Waals surface area contributed by atoms with Crippen LogP contribution >= 0.6 is 11.3 Å². The van der Waals surface area contributed by atoms with Crippen molar-refractivity contribution in [2.24, 2.45) is 17.8 Å². The van der Waals surface area contributed by atoms with Crippen molar-refractivity contribution in [1.29, 1.82) is 0 Å². The standard InChI is InChI=1S/C14H21NO3S/c1-8(2)10(9(3)4)7-15-13(16)11-5-6-12(19-11)14(17)18/h5-6,8-10H,7H2,1-4H3,(H,15,16)(H,17,18). The Bertz CT molecular complexity index is 443. The highest BCUT2D eigenvalue weighted by Gasteiger charge is 2.19. The van der Waals surface area contributed by atoms with Crippen LogP contribution in [-0.4, -0.2) is 23.5 Å². The van der Waals surface area contributed by atoms with Gasteiger partial charge in [-0.1, -0.05) is 27.7 Å². The molecule has 0 aromatic carbocycles. The molecule has 1 aromatic rings. The second kappa shape index (κ2) is 6.70. The maximum atomic E-state index is 11.9. The summed E-state index contributed by atoms with van der Waals surface area (Å²) in [5, 5.41) is 11.7. The summed E-state index contributed by atoms with van der Waals surface area (Å²) in [7, 11) is 0. The topological polar surface area (TPSA) is 66.4 Å². The number of nitrogens with one attached hydrogen (secondary N) is 1. The van der Waals surface area contributed by atoms with E-state index in [4.69, 9.17) is 5.11 Å². The molecule has 1 heterocycles. The van der Waals surface area contributed by atoms with Crippen molar-refractivity contribution in [3.05, 3.63) is 21.9 Å². The van der Waals surface area contributed by atoms with Crippen molar-refractivity contribution in [1.82, 2.24) is 5.32 Å². The van der Waals surface area contributed by atoms with Crippen molar-refractivity contribution in [3.8, 4) is 0 Å². The molecule has 106 valence electrons. The molecule has 0 bridgehead atoms. The maximum Gasteiger partial charge on any atom is 0.345 e. The summed E-state index contributed by atoms with van der Waals surface area (Å²) in [6, 6.07) is 3.02. The number of carbonyl (C=O) groups excluding carboxylic acids is 1. The Hall–Kier alpha value is -1.36. The van der Waals surface area contributed by atoms with Crippen LogP contribution in [0.25, 0.3) is 0 Å². The van der Waals surface area contributed by atoms with E-state index in [0.29, 0.717) is 29.2 Å². The van der Waals surface area contributed by atoms with E-state index in [2.05, 4.69) is 33.0 Å². The van der Waals surface area contributed by atoms with Crippen molar-refractivity contribution < 1.29 is 14.7 Å². The van der Waals surface area contributed by atoms with Gasteiger partial charge in [-0.05, 0) is 29.9 Å². The van der Waals surface area contributed by atoms with E-state index in [1.54, 1.807) is 6.07 Å². The van der Waals surface area contributed by atoms with Crippen LogP contribution in [0.15, 0.2) is 12.1 Å². The first-order chi connectivity index (χ1) is 8.82. The summed E-state index contributed by atoms with van der Waals surface area (Å²) in [4.78, 5) is 23.3. The lowest BCUT2D eigenvalue weighted by Gasteiger charge is -2.24. The molecule has 0 saturated heterocycles. The molecule has 5 heteroatoms. The Morgan fingerprint density at radius 2 is 1.68 bits per heavy atom. The van der Waals surface area contributed by atoms with Gasteiger partial charge in [0.2, 0.25) is 0 Å². The van der Waals surface area contributed by atoms with Gasteiger partial charge in [0.15, 0.2) is 0 Å². The number of amides is 1. The van der Waals surface area contributed by atoms with Crippen LogP contribution in [0, 0.1) is 17.8 Å². The molecule has 1 amide bonds. The third kappa shape index (κ3) is 4.35. The smallest absolute Gasteiger partial charge is 0.345 e. The normalized spacial score (nSPS) is 11.3. The van der Waals surface area contributed by atoms with Gasteiger partial charge < -0.3 is 10.4 Å². The van der Waals surface area contributed by atoms with Gasteiger partial charge in [0, 0.05) is 6.54 Å². The van der Waals surface area contributed by atoms with Crippen molar-refractivity contribution >= 4 is 23.2 Å². The van der Waals surface area contributed by atoms with Gasteiger partial charge in [0.25, 0.3) is 5.91 Å². The second-order valence-corrected chi connectivity index (χ2v) is 6.41. The summed E-state index contributed by atoms with van der Waals surface area (Å²) in [5.74, 6) is 0.231. The van der Waals surface area contributed by atoms with E-state index in [9.17, 15) is 9.59 Å². The Balaban J connectivity index is 2.61. The monoisotopic (exact) mass is 283 g/mol. The maximum absolute atomic E-state index is 11.9. The summed E-state index contributed by atoms with van der Waals surface area (Å²) in [6.07, 6.45) is 0. The Morgan fingerprint density at radius 3 is 2.11 bits per heavy atom. The molecule has 4 nitrogen and oxygen atoms in total. The third-order valence-electron chi connectivity index (χ3n) is 3.25. The molecule has 0 spiro atoms. The van der Waals surface area contributed by atoms with Crippen LogP contribution in [-0.2, 0) is 0 Å².